The Balaban J connectivity index is 1.54. The lowest BCUT2D eigenvalue weighted by Gasteiger charge is -2.04. The molecule has 0 saturated heterocycles. The van der Waals surface area contributed by atoms with Gasteiger partial charge in [-0.2, -0.15) is 10.1 Å². The second-order valence-electron chi connectivity index (χ2n) is 6.04. The highest BCUT2D eigenvalue weighted by atomic mass is 16.5. The fourth-order valence-corrected chi connectivity index (χ4v) is 2.70. The van der Waals surface area contributed by atoms with Gasteiger partial charge in [0.2, 0.25) is 5.82 Å². The number of fused-ring (bicyclic) bond motifs is 1. The van der Waals surface area contributed by atoms with E-state index < -0.39 is 5.97 Å². The molecule has 2 aromatic heterocycles. The molecule has 0 aliphatic rings. The maximum Gasteiger partial charge on any atom is 0.376 e. The number of hydrogen-bond donors (Lipinski definition) is 1. The van der Waals surface area contributed by atoms with E-state index in [1.54, 1.807) is 10.9 Å². The molecular formula is C20H17N5O2. The van der Waals surface area contributed by atoms with Gasteiger partial charge in [-0.3, -0.25) is 4.68 Å². The minimum absolute atomic E-state index is 0.0964. The van der Waals surface area contributed by atoms with Crippen LogP contribution in [0.4, 0.5) is 5.82 Å². The third-order valence-corrected chi connectivity index (χ3v) is 4.04. The maximum atomic E-state index is 12.3. The summed E-state index contributed by atoms with van der Waals surface area (Å²) in [4.78, 5) is 20.6. The van der Waals surface area contributed by atoms with Crippen LogP contribution in [0.25, 0.3) is 11.0 Å². The molecule has 0 aliphatic carbocycles. The molecule has 7 nitrogen and oxygen atoms in total. The van der Waals surface area contributed by atoms with E-state index >= 15 is 0 Å². The number of esters is 1. The zero-order valence-electron chi connectivity index (χ0n) is 14.4. The molecule has 4 aromatic rings. The summed E-state index contributed by atoms with van der Waals surface area (Å²) >= 11 is 0. The zero-order valence-corrected chi connectivity index (χ0v) is 14.4. The molecule has 2 N–H and O–H groups in total. The highest BCUT2D eigenvalue weighted by molar-refractivity contribution is 5.91. The lowest BCUT2D eigenvalue weighted by molar-refractivity contribution is 0.0459. The number of hydrogen-bond acceptors (Lipinski definition) is 6. The minimum Gasteiger partial charge on any atom is -0.455 e. The summed E-state index contributed by atoms with van der Waals surface area (Å²) in [6, 6.07) is 19.3. The van der Waals surface area contributed by atoms with Crippen LogP contribution in [0.5, 0.6) is 0 Å². The van der Waals surface area contributed by atoms with Gasteiger partial charge in [-0.25, -0.2) is 9.78 Å². The highest BCUT2D eigenvalue weighted by Gasteiger charge is 2.16. The van der Waals surface area contributed by atoms with Gasteiger partial charge in [0.1, 0.15) is 12.4 Å². The minimum atomic E-state index is -0.634. The molecule has 7 heteroatoms. The molecule has 27 heavy (non-hydrogen) atoms. The van der Waals surface area contributed by atoms with Gasteiger partial charge in [0.15, 0.2) is 5.65 Å². The Morgan fingerprint density at radius 1 is 0.963 bits per heavy atom. The normalized spacial score (nSPS) is 10.8. The van der Waals surface area contributed by atoms with E-state index in [-0.39, 0.29) is 18.2 Å². The summed E-state index contributed by atoms with van der Waals surface area (Å²) in [7, 11) is 0. The number of anilines is 1. The molecule has 0 saturated carbocycles. The van der Waals surface area contributed by atoms with E-state index in [2.05, 4.69) is 15.1 Å². The first kappa shape index (κ1) is 16.7. The summed E-state index contributed by atoms with van der Waals surface area (Å²) in [5, 5.41) is 5.01. The topological polar surface area (TPSA) is 95.9 Å². The lowest BCUT2D eigenvalue weighted by atomic mass is 10.2. The van der Waals surface area contributed by atoms with Crippen molar-refractivity contribution < 1.29 is 9.53 Å². The van der Waals surface area contributed by atoms with Crippen molar-refractivity contribution in [3.63, 3.8) is 0 Å². The molecule has 2 heterocycles. The van der Waals surface area contributed by atoms with E-state index in [0.717, 1.165) is 11.1 Å². The number of benzene rings is 2. The third-order valence-electron chi connectivity index (χ3n) is 4.04. The molecule has 0 amide bonds. The molecule has 0 unspecified atom stereocenters. The summed E-state index contributed by atoms with van der Waals surface area (Å²) in [6.07, 6.45) is 1.77. The molecule has 0 radical (unpaired) electrons. The van der Waals surface area contributed by atoms with Crippen molar-refractivity contribution in [2.24, 2.45) is 0 Å². The van der Waals surface area contributed by atoms with Gasteiger partial charge >= 0.3 is 5.97 Å². The lowest BCUT2D eigenvalue weighted by Crippen LogP contribution is -2.11. The fraction of sp³-hybridized carbons (Fsp3) is 0.100. The first-order chi connectivity index (χ1) is 13.2. The average Bonchev–Trinajstić information content (AvgIpc) is 3.11. The predicted octanol–water partition coefficient (Wildman–Crippen LogP) is 2.81. The van der Waals surface area contributed by atoms with Crippen LogP contribution in [-0.2, 0) is 17.9 Å². The van der Waals surface area contributed by atoms with Gasteiger partial charge < -0.3 is 10.5 Å². The maximum absolute atomic E-state index is 12.3. The van der Waals surface area contributed by atoms with Gasteiger partial charge in [0.25, 0.3) is 0 Å². The molecule has 134 valence electrons. The smallest absolute Gasteiger partial charge is 0.376 e. The Labute approximate surface area is 155 Å². The zero-order chi connectivity index (χ0) is 18.6. The SMILES string of the molecule is Nc1nc(C(=O)OCc2ccccc2)nc2nn(Cc3ccccc3)cc12. The second-order valence-corrected chi connectivity index (χ2v) is 6.04. The third kappa shape index (κ3) is 3.77. The van der Waals surface area contributed by atoms with Crippen LogP contribution in [0, 0.1) is 0 Å². The van der Waals surface area contributed by atoms with Gasteiger partial charge in [-0.05, 0) is 11.1 Å². The molecule has 0 aliphatic heterocycles. The predicted molar refractivity (Wildman–Crippen MR) is 101 cm³/mol. The van der Waals surface area contributed by atoms with Gasteiger partial charge in [0.05, 0.1) is 11.9 Å². The van der Waals surface area contributed by atoms with E-state index in [4.69, 9.17) is 10.5 Å². The van der Waals surface area contributed by atoms with Crippen molar-refractivity contribution in [3.05, 3.63) is 83.8 Å². The Bertz CT molecular complexity index is 1080. The van der Waals surface area contributed by atoms with Crippen molar-refractivity contribution in [2.45, 2.75) is 13.2 Å². The second kappa shape index (κ2) is 7.25. The average molecular weight is 359 g/mol. The quantitative estimate of drug-likeness (QED) is 0.551. The number of nitrogens with zero attached hydrogens (tertiary/aromatic N) is 4. The molecule has 2 aromatic carbocycles. The largest absolute Gasteiger partial charge is 0.455 e. The number of nitrogen functional groups attached to an aromatic ring is 1. The van der Waals surface area contributed by atoms with Crippen LogP contribution in [-0.4, -0.2) is 25.7 Å². The van der Waals surface area contributed by atoms with Crippen LogP contribution >= 0.6 is 0 Å². The van der Waals surface area contributed by atoms with Crippen molar-refractivity contribution >= 4 is 22.8 Å². The monoisotopic (exact) mass is 359 g/mol. The van der Waals surface area contributed by atoms with Crippen molar-refractivity contribution in [3.8, 4) is 0 Å². The van der Waals surface area contributed by atoms with Crippen molar-refractivity contribution in [1.82, 2.24) is 19.7 Å². The molecule has 4 rings (SSSR count). The van der Waals surface area contributed by atoms with E-state index in [1.165, 1.54) is 0 Å². The Morgan fingerprint density at radius 2 is 1.63 bits per heavy atom. The number of aromatic nitrogens is 4. The molecule has 0 fully saturated rings. The summed E-state index contributed by atoms with van der Waals surface area (Å²) < 4.78 is 6.99. The van der Waals surface area contributed by atoms with Gasteiger partial charge in [0, 0.05) is 6.20 Å². The van der Waals surface area contributed by atoms with Crippen LogP contribution in [0.15, 0.2) is 66.9 Å². The number of carbonyl (C=O) groups is 1. The van der Waals surface area contributed by atoms with Crippen molar-refractivity contribution in [1.29, 1.82) is 0 Å². The molecular weight excluding hydrogens is 342 g/mol. The Morgan fingerprint density at radius 3 is 2.33 bits per heavy atom. The summed E-state index contributed by atoms with van der Waals surface area (Å²) in [5.41, 5.74) is 8.34. The van der Waals surface area contributed by atoms with Crippen LogP contribution in [0.3, 0.4) is 0 Å². The van der Waals surface area contributed by atoms with Crippen molar-refractivity contribution in [2.75, 3.05) is 5.73 Å². The number of nitrogens with two attached hydrogens (primary N) is 1. The Kier molecular flexibility index (Phi) is 4.49. The van der Waals surface area contributed by atoms with Crippen LogP contribution in [0.1, 0.15) is 21.7 Å². The summed E-state index contributed by atoms with van der Waals surface area (Å²) in [6.45, 7) is 0.716. The number of carbonyl (C=O) groups excluding carboxylic acids is 1. The van der Waals surface area contributed by atoms with E-state index in [1.807, 2.05) is 60.7 Å². The van der Waals surface area contributed by atoms with Gasteiger partial charge in [-0.15, -0.1) is 0 Å². The van der Waals surface area contributed by atoms with Crippen LogP contribution < -0.4 is 5.73 Å². The first-order valence-corrected chi connectivity index (χ1v) is 8.45. The number of ether oxygens (including phenoxy) is 1. The molecule has 0 atom stereocenters. The molecule has 0 bridgehead atoms. The van der Waals surface area contributed by atoms with Crippen LogP contribution in [0.2, 0.25) is 0 Å². The standard InChI is InChI=1S/C20H17N5O2/c21-17-16-12-25(11-14-7-3-1-4-8-14)24-18(16)23-19(22-17)20(26)27-13-15-9-5-2-6-10-15/h1-10,12H,11,13H2,(H2,21,22,23,24). The van der Waals surface area contributed by atoms with E-state index in [0.29, 0.717) is 17.6 Å². The van der Waals surface area contributed by atoms with Gasteiger partial charge in [-0.1, -0.05) is 60.7 Å². The molecule has 0 spiro atoms. The highest BCUT2D eigenvalue weighted by Crippen LogP contribution is 2.18. The summed E-state index contributed by atoms with van der Waals surface area (Å²) in [5.74, 6) is -0.531. The van der Waals surface area contributed by atoms with E-state index in [9.17, 15) is 4.79 Å². The Hall–Kier alpha value is -3.74. The fourth-order valence-electron chi connectivity index (χ4n) is 2.70. The number of rotatable bonds is 5. The first-order valence-electron chi connectivity index (χ1n) is 8.45.